The Balaban J connectivity index is 1.91. The van der Waals surface area contributed by atoms with Gasteiger partial charge in [-0.15, -0.1) is 11.8 Å². The number of benzene rings is 2. The fraction of sp³-hybridized carbons (Fsp3) is 0.273. The van der Waals surface area contributed by atoms with Gasteiger partial charge in [0.05, 0.1) is 30.2 Å². The largest absolute Gasteiger partial charge is 0.494 e. The molecule has 2 aromatic rings. The Morgan fingerprint density at radius 1 is 0.964 bits per heavy atom. The molecule has 0 saturated heterocycles. The maximum absolute atomic E-state index is 13.0. The van der Waals surface area contributed by atoms with Gasteiger partial charge in [0.2, 0.25) is 0 Å². The molecule has 0 spiro atoms. The lowest BCUT2D eigenvalue weighted by Gasteiger charge is -2.14. The Bertz CT molecular complexity index is 862. The standard InChI is InChI=1S/C22H23NO4S/c1-3-27-18-11-9-17(10-12-18)19-20(28-15-16-7-5-4-6-8-16)22(25)23(21(19)24)13-14-26-2/h4-12H,3,13-15H2,1-2H3. The number of hydrogen-bond acceptors (Lipinski definition) is 5. The van der Waals surface area contributed by atoms with Crippen LogP contribution in [0.5, 0.6) is 5.75 Å². The molecule has 0 aliphatic carbocycles. The highest BCUT2D eigenvalue weighted by atomic mass is 32.2. The third-order valence-corrected chi connectivity index (χ3v) is 5.47. The number of methoxy groups -OCH3 is 1. The van der Waals surface area contributed by atoms with E-state index in [1.54, 1.807) is 7.11 Å². The Hall–Kier alpha value is -2.57. The summed E-state index contributed by atoms with van der Waals surface area (Å²) in [6, 6.07) is 17.2. The molecule has 2 amide bonds. The van der Waals surface area contributed by atoms with Gasteiger partial charge in [-0.2, -0.15) is 0 Å². The highest BCUT2D eigenvalue weighted by molar-refractivity contribution is 8.03. The third-order valence-electron chi connectivity index (χ3n) is 4.32. The lowest BCUT2D eigenvalue weighted by Crippen LogP contribution is -2.34. The number of imide groups is 1. The molecule has 28 heavy (non-hydrogen) atoms. The molecular weight excluding hydrogens is 374 g/mol. The second kappa shape index (κ2) is 9.57. The van der Waals surface area contributed by atoms with Gasteiger partial charge < -0.3 is 9.47 Å². The van der Waals surface area contributed by atoms with E-state index in [1.165, 1.54) is 16.7 Å². The molecule has 1 heterocycles. The third kappa shape index (κ3) is 4.46. The number of ether oxygens (including phenoxy) is 2. The van der Waals surface area contributed by atoms with Crippen LogP contribution in [0.2, 0.25) is 0 Å². The Morgan fingerprint density at radius 2 is 1.68 bits per heavy atom. The molecule has 1 aliphatic rings. The predicted octanol–water partition coefficient (Wildman–Crippen LogP) is 3.75. The predicted molar refractivity (Wildman–Crippen MR) is 111 cm³/mol. The van der Waals surface area contributed by atoms with Gasteiger partial charge in [-0.1, -0.05) is 42.5 Å². The molecule has 0 bridgehead atoms. The van der Waals surface area contributed by atoms with Gasteiger partial charge in [-0.3, -0.25) is 14.5 Å². The first kappa shape index (κ1) is 20.2. The SMILES string of the molecule is CCOc1ccc(C2=C(SCc3ccccc3)C(=O)N(CCOC)C2=O)cc1. The highest BCUT2D eigenvalue weighted by Gasteiger charge is 2.38. The Labute approximate surface area is 169 Å². The number of nitrogens with zero attached hydrogens (tertiary/aromatic N) is 1. The first-order chi connectivity index (χ1) is 13.7. The van der Waals surface area contributed by atoms with E-state index < -0.39 is 0 Å². The van der Waals surface area contributed by atoms with E-state index in [1.807, 2.05) is 61.5 Å². The van der Waals surface area contributed by atoms with E-state index in [0.29, 0.717) is 29.4 Å². The Kier molecular flexibility index (Phi) is 6.90. The van der Waals surface area contributed by atoms with E-state index in [0.717, 1.165) is 16.9 Å². The molecule has 146 valence electrons. The lowest BCUT2D eigenvalue weighted by atomic mass is 10.1. The fourth-order valence-electron chi connectivity index (χ4n) is 2.94. The van der Waals surface area contributed by atoms with E-state index in [2.05, 4.69) is 0 Å². The first-order valence-electron chi connectivity index (χ1n) is 9.15. The summed E-state index contributed by atoms with van der Waals surface area (Å²) in [5, 5.41) is 0. The van der Waals surface area contributed by atoms with E-state index in [-0.39, 0.29) is 18.4 Å². The number of hydrogen-bond donors (Lipinski definition) is 0. The maximum Gasteiger partial charge on any atom is 0.268 e. The molecule has 0 atom stereocenters. The molecule has 0 unspecified atom stereocenters. The van der Waals surface area contributed by atoms with Crippen LogP contribution in [0.1, 0.15) is 18.1 Å². The summed E-state index contributed by atoms with van der Waals surface area (Å²) in [7, 11) is 1.55. The van der Waals surface area contributed by atoms with Crippen molar-refractivity contribution < 1.29 is 19.1 Å². The van der Waals surface area contributed by atoms with Crippen molar-refractivity contribution in [1.82, 2.24) is 4.90 Å². The second-order valence-corrected chi connectivity index (χ2v) is 7.18. The van der Waals surface area contributed by atoms with Crippen LogP contribution < -0.4 is 4.74 Å². The van der Waals surface area contributed by atoms with Crippen molar-refractivity contribution in [2.75, 3.05) is 26.9 Å². The molecule has 3 rings (SSSR count). The minimum absolute atomic E-state index is 0.240. The van der Waals surface area contributed by atoms with Crippen LogP contribution >= 0.6 is 11.8 Å². The van der Waals surface area contributed by atoms with Crippen LogP contribution in [0, 0.1) is 0 Å². The first-order valence-corrected chi connectivity index (χ1v) is 10.1. The van der Waals surface area contributed by atoms with Crippen LogP contribution in [0.4, 0.5) is 0 Å². The van der Waals surface area contributed by atoms with Gasteiger partial charge in [-0.05, 0) is 30.2 Å². The van der Waals surface area contributed by atoms with Gasteiger partial charge in [-0.25, -0.2) is 0 Å². The monoisotopic (exact) mass is 397 g/mol. The van der Waals surface area contributed by atoms with E-state index in [9.17, 15) is 9.59 Å². The van der Waals surface area contributed by atoms with Crippen LogP contribution in [0.15, 0.2) is 59.5 Å². The molecule has 0 aromatic heterocycles. The molecule has 0 fully saturated rings. The summed E-state index contributed by atoms with van der Waals surface area (Å²) in [6.07, 6.45) is 0. The molecule has 1 aliphatic heterocycles. The van der Waals surface area contributed by atoms with Gasteiger partial charge in [0.15, 0.2) is 0 Å². The van der Waals surface area contributed by atoms with E-state index in [4.69, 9.17) is 9.47 Å². The van der Waals surface area contributed by atoms with Gasteiger partial charge in [0, 0.05) is 12.9 Å². The molecule has 2 aromatic carbocycles. The summed E-state index contributed by atoms with van der Waals surface area (Å²) in [4.78, 5) is 27.7. The van der Waals surface area contributed by atoms with Crippen molar-refractivity contribution in [3.63, 3.8) is 0 Å². The number of amides is 2. The van der Waals surface area contributed by atoms with Crippen molar-refractivity contribution in [2.24, 2.45) is 0 Å². The summed E-state index contributed by atoms with van der Waals surface area (Å²) < 4.78 is 10.5. The molecule has 6 heteroatoms. The quantitative estimate of drug-likeness (QED) is 0.603. The van der Waals surface area contributed by atoms with E-state index >= 15 is 0 Å². The van der Waals surface area contributed by atoms with Gasteiger partial charge >= 0.3 is 0 Å². The zero-order valence-electron chi connectivity index (χ0n) is 16.0. The number of thioether (sulfide) groups is 1. The maximum atomic E-state index is 13.0. The van der Waals surface area contributed by atoms with Crippen molar-refractivity contribution in [3.05, 3.63) is 70.6 Å². The summed E-state index contributed by atoms with van der Waals surface area (Å²) in [6.45, 7) is 3.04. The van der Waals surface area contributed by atoms with Crippen LogP contribution in [0.3, 0.4) is 0 Å². The minimum atomic E-state index is -0.276. The number of rotatable bonds is 9. The topological polar surface area (TPSA) is 55.8 Å². The second-order valence-electron chi connectivity index (χ2n) is 6.19. The van der Waals surface area contributed by atoms with Crippen molar-refractivity contribution >= 4 is 29.1 Å². The number of carbonyl (C=O) groups excluding carboxylic acids is 2. The van der Waals surface area contributed by atoms with Crippen LogP contribution in [-0.2, 0) is 20.1 Å². The average molecular weight is 397 g/mol. The molecule has 0 saturated carbocycles. The highest BCUT2D eigenvalue weighted by Crippen LogP contribution is 2.37. The minimum Gasteiger partial charge on any atom is -0.494 e. The van der Waals surface area contributed by atoms with Crippen molar-refractivity contribution in [3.8, 4) is 5.75 Å². The normalized spacial score (nSPS) is 14.1. The zero-order chi connectivity index (χ0) is 19.9. The van der Waals surface area contributed by atoms with Crippen molar-refractivity contribution in [2.45, 2.75) is 12.7 Å². The fourth-order valence-corrected chi connectivity index (χ4v) is 4.03. The smallest absolute Gasteiger partial charge is 0.268 e. The summed E-state index contributed by atoms with van der Waals surface area (Å²) >= 11 is 1.40. The van der Waals surface area contributed by atoms with Gasteiger partial charge in [0.1, 0.15) is 5.75 Å². The zero-order valence-corrected chi connectivity index (χ0v) is 16.8. The lowest BCUT2D eigenvalue weighted by molar-refractivity contribution is -0.137. The molecule has 5 nitrogen and oxygen atoms in total. The van der Waals surface area contributed by atoms with Crippen LogP contribution in [0.25, 0.3) is 5.57 Å². The Morgan fingerprint density at radius 3 is 2.32 bits per heavy atom. The molecule has 0 N–H and O–H groups in total. The molecule has 0 radical (unpaired) electrons. The summed E-state index contributed by atoms with van der Waals surface area (Å²) in [5.74, 6) is 0.820. The molecular formula is C22H23NO4S. The number of carbonyl (C=O) groups is 2. The van der Waals surface area contributed by atoms with Crippen molar-refractivity contribution in [1.29, 1.82) is 0 Å². The summed E-state index contributed by atoms with van der Waals surface area (Å²) in [5.41, 5.74) is 2.27. The van der Waals surface area contributed by atoms with Gasteiger partial charge in [0.25, 0.3) is 11.8 Å². The van der Waals surface area contributed by atoms with Crippen LogP contribution in [-0.4, -0.2) is 43.6 Å². The average Bonchev–Trinajstić information content (AvgIpc) is 2.96.